The Hall–Kier alpha value is -5.40. The number of aryl methyl sites for hydroxylation is 2. The van der Waals surface area contributed by atoms with E-state index in [1.54, 1.807) is 35.5 Å². The number of ether oxygens (including phenoxy) is 3. The van der Waals surface area contributed by atoms with Gasteiger partial charge in [-0.05, 0) is 60.6 Å². The number of hydrogen-bond donors (Lipinski definition) is 0. The van der Waals surface area contributed by atoms with Crippen molar-refractivity contribution >= 4 is 21.9 Å². The summed E-state index contributed by atoms with van der Waals surface area (Å²) in [6.45, 7) is 14.2. The highest BCUT2D eigenvalue weighted by molar-refractivity contribution is 7.92. The lowest BCUT2D eigenvalue weighted by Crippen LogP contribution is -2.45. The number of aromatic nitrogens is 4. The van der Waals surface area contributed by atoms with Crippen LogP contribution in [0, 0.1) is 19.3 Å². The molecule has 0 spiro atoms. The Morgan fingerprint density at radius 3 is 2.22 bits per heavy atom. The molecule has 0 fully saturated rings. The minimum atomic E-state index is -4.33. The van der Waals surface area contributed by atoms with Crippen LogP contribution in [-0.2, 0) is 27.9 Å². The Labute approximate surface area is 324 Å². The number of nitrogens with zero attached hydrogens (tertiary/aromatic N) is 6. The van der Waals surface area contributed by atoms with Gasteiger partial charge in [0.2, 0.25) is 11.8 Å². The van der Waals surface area contributed by atoms with Crippen molar-refractivity contribution in [2.75, 3.05) is 24.8 Å². The van der Waals surface area contributed by atoms with E-state index in [-0.39, 0.29) is 47.6 Å². The van der Waals surface area contributed by atoms with Crippen LogP contribution in [0.4, 0.5) is 5.95 Å². The van der Waals surface area contributed by atoms with Crippen molar-refractivity contribution in [2.45, 2.75) is 79.0 Å². The normalized spacial score (nSPS) is 15.4. The number of benzene rings is 3. The van der Waals surface area contributed by atoms with Gasteiger partial charge in [0.15, 0.2) is 5.75 Å². The third-order valence-electron chi connectivity index (χ3n) is 8.78. The molecule has 0 aliphatic carbocycles. The van der Waals surface area contributed by atoms with Gasteiger partial charge in [-0.25, -0.2) is 27.7 Å². The second kappa shape index (κ2) is 17.8. The third kappa shape index (κ3) is 10.0. The van der Waals surface area contributed by atoms with Crippen LogP contribution in [0.25, 0.3) is 11.3 Å². The molecule has 3 aromatic carbocycles. The summed E-state index contributed by atoms with van der Waals surface area (Å²) in [5.74, 6) is 0.494. The number of methoxy groups -OCH3 is 1. The van der Waals surface area contributed by atoms with Crippen LogP contribution in [0.3, 0.4) is 0 Å². The molecule has 6 rings (SSSR count). The molecule has 0 unspecified atom stereocenters. The Morgan fingerprint density at radius 1 is 0.891 bits per heavy atom. The highest BCUT2D eigenvalue weighted by Crippen LogP contribution is 2.33. The molecule has 1 aliphatic rings. The second-order valence-corrected chi connectivity index (χ2v) is 16.1. The molecule has 0 N–H and O–H groups in total. The number of amides is 1. The maximum atomic E-state index is 14.6. The number of carbonyl (C=O) groups is 1. The fourth-order valence-electron chi connectivity index (χ4n) is 6.29. The largest absolute Gasteiger partial charge is 0.486 e. The van der Waals surface area contributed by atoms with Crippen LogP contribution in [-0.4, -0.2) is 65.7 Å². The molecular weight excluding hydrogens is 717 g/mol. The van der Waals surface area contributed by atoms with Gasteiger partial charge in [-0.15, -0.1) is 0 Å². The van der Waals surface area contributed by atoms with Crippen molar-refractivity contribution in [1.29, 1.82) is 0 Å². The van der Waals surface area contributed by atoms with Gasteiger partial charge in [-0.1, -0.05) is 89.2 Å². The summed E-state index contributed by atoms with van der Waals surface area (Å²) in [6, 6.07) is 22.8. The van der Waals surface area contributed by atoms with Crippen LogP contribution < -0.4 is 13.8 Å². The highest BCUT2D eigenvalue weighted by atomic mass is 32.2. The molecule has 0 radical (unpaired) electrons. The molecule has 2 aromatic heterocycles. The summed E-state index contributed by atoms with van der Waals surface area (Å²) in [7, 11) is -2.94. The monoisotopic (exact) mass is 766 g/mol. The fraction of sp³-hybridized carbons (Fsp3) is 0.357. The summed E-state index contributed by atoms with van der Waals surface area (Å²) >= 11 is 0. The molecule has 0 saturated heterocycles. The summed E-state index contributed by atoms with van der Waals surface area (Å²) < 4.78 is 47.4. The minimum absolute atomic E-state index is 0.0252. The molecule has 1 aliphatic heterocycles. The second-order valence-electron chi connectivity index (χ2n) is 14.2. The average molecular weight is 767 g/mol. The van der Waals surface area contributed by atoms with E-state index < -0.39 is 22.0 Å². The number of rotatable bonds is 9. The van der Waals surface area contributed by atoms with Crippen LogP contribution >= 0.6 is 0 Å². The lowest BCUT2D eigenvalue weighted by atomic mass is 9.87. The van der Waals surface area contributed by atoms with Crippen molar-refractivity contribution in [2.24, 2.45) is 5.41 Å². The van der Waals surface area contributed by atoms with E-state index in [1.165, 1.54) is 19.2 Å². The zero-order valence-electron chi connectivity index (χ0n) is 32.8. The topological polar surface area (TPSA) is 137 Å². The maximum absolute atomic E-state index is 14.6. The van der Waals surface area contributed by atoms with Crippen LogP contribution in [0.5, 0.6) is 11.6 Å². The van der Waals surface area contributed by atoms with Crippen LogP contribution in [0.2, 0.25) is 0 Å². The molecule has 5 aromatic rings. The van der Waals surface area contributed by atoms with Crippen molar-refractivity contribution in [3.8, 4) is 22.9 Å². The molecule has 0 saturated carbocycles. The Morgan fingerprint density at radius 2 is 1.56 bits per heavy atom. The lowest BCUT2D eigenvalue weighted by Gasteiger charge is -2.35. The highest BCUT2D eigenvalue weighted by Gasteiger charge is 2.34. The fourth-order valence-corrected chi connectivity index (χ4v) is 7.61. The zero-order chi connectivity index (χ0) is 39.8. The quantitative estimate of drug-likeness (QED) is 0.146. The molecule has 1 atom stereocenters. The number of carbonyl (C=O) groups excluding carboxylic acids is 1. The zero-order valence-corrected chi connectivity index (χ0v) is 33.6. The van der Waals surface area contributed by atoms with Crippen molar-refractivity contribution < 1.29 is 27.4 Å². The van der Waals surface area contributed by atoms with Gasteiger partial charge in [-0.2, -0.15) is 4.98 Å². The smallest absolute Gasteiger partial charge is 0.268 e. The molecule has 55 heavy (non-hydrogen) atoms. The molecule has 4 bridgehead atoms. The van der Waals surface area contributed by atoms with Gasteiger partial charge in [0.25, 0.3) is 15.9 Å². The summed E-state index contributed by atoms with van der Waals surface area (Å²) in [4.78, 5) is 34.6. The third-order valence-corrected chi connectivity index (χ3v) is 10.5. The standard InChI is InChI=1S/C40H44N6O6S.C2H6/c1-27-12-10-13-28(2)37(27)34-19-36-44-39(43-34)46(26-50-6)53(48,49)33-17-11-16-30(18-33)38(47)45(31(25-52-36)20-40(3,4)5)23-35-41-21-32(22-42-35)51-24-29-14-8-7-9-15-29;1-2/h7-19,21-22,31H,20,23-26H2,1-6H3;1-2H3/t31-;/m1./s1. The first-order valence-electron chi connectivity index (χ1n) is 18.3. The number of anilines is 1. The van der Waals surface area contributed by atoms with E-state index in [1.807, 2.05) is 76.2 Å². The Bertz CT molecular complexity index is 2160. The first-order chi connectivity index (χ1) is 26.3. The van der Waals surface area contributed by atoms with E-state index in [0.717, 1.165) is 26.6 Å². The van der Waals surface area contributed by atoms with Crippen molar-refractivity contribution in [1.82, 2.24) is 24.8 Å². The van der Waals surface area contributed by atoms with Gasteiger partial charge >= 0.3 is 0 Å². The van der Waals surface area contributed by atoms with E-state index in [4.69, 9.17) is 19.2 Å². The Balaban J connectivity index is 0.00000285. The summed E-state index contributed by atoms with van der Waals surface area (Å²) in [5, 5.41) is 0. The average Bonchev–Trinajstić information content (AvgIpc) is 3.17. The SMILES string of the molecule is CC.COCN1c2nc(cc(-c3c(C)cccc3C)n2)OC[C@@H](CC(C)(C)C)N(Cc2ncc(OCc3ccccc3)cn2)C(=O)c2cccc(c2)S1(=O)=O. The van der Waals surface area contributed by atoms with Gasteiger partial charge in [0.1, 0.15) is 25.8 Å². The van der Waals surface area contributed by atoms with Gasteiger partial charge < -0.3 is 19.1 Å². The first-order valence-corrected chi connectivity index (χ1v) is 19.8. The van der Waals surface area contributed by atoms with Crippen molar-refractivity contribution in [3.63, 3.8) is 0 Å². The predicted octanol–water partition coefficient (Wildman–Crippen LogP) is 7.79. The van der Waals surface area contributed by atoms with E-state index in [2.05, 4.69) is 35.7 Å². The summed E-state index contributed by atoms with van der Waals surface area (Å²) in [6.07, 6.45) is 3.70. The maximum Gasteiger partial charge on any atom is 0.268 e. The van der Waals surface area contributed by atoms with Gasteiger partial charge in [-0.3, -0.25) is 4.79 Å². The van der Waals surface area contributed by atoms with E-state index in [0.29, 0.717) is 30.3 Å². The first kappa shape index (κ1) is 40.8. The van der Waals surface area contributed by atoms with Gasteiger partial charge in [0, 0.05) is 24.3 Å². The van der Waals surface area contributed by atoms with E-state index >= 15 is 0 Å². The molecule has 290 valence electrons. The molecule has 1 amide bonds. The van der Waals surface area contributed by atoms with Crippen LogP contribution in [0.15, 0.2) is 96.2 Å². The molecule has 12 nitrogen and oxygen atoms in total. The Kier molecular flexibility index (Phi) is 13.2. The number of sulfonamides is 1. The number of hydrogen-bond acceptors (Lipinski definition) is 10. The lowest BCUT2D eigenvalue weighted by molar-refractivity contribution is 0.0505. The summed E-state index contributed by atoms with van der Waals surface area (Å²) in [5.41, 5.74) is 4.17. The molecule has 3 heterocycles. The van der Waals surface area contributed by atoms with Crippen molar-refractivity contribution in [3.05, 3.63) is 119 Å². The molecule has 13 heteroatoms. The van der Waals surface area contributed by atoms with E-state index in [9.17, 15) is 13.2 Å². The predicted molar refractivity (Wildman–Crippen MR) is 212 cm³/mol. The minimum Gasteiger partial charge on any atom is -0.486 e. The number of fused-ring (bicyclic) bond motifs is 4. The van der Waals surface area contributed by atoms with Crippen LogP contribution in [0.1, 0.15) is 73.9 Å². The molecular formula is C42H50N6O6S. The van der Waals surface area contributed by atoms with Gasteiger partial charge in [0.05, 0.1) is 35.6 Å².